The number of rotatable bonds is 8. The van der Waals surface area contributed by atoms with Crippen LogP contribution in [0, 0.1) is 0 Å². The van der Waals surface area contributed by atoms with Gasteiger partial charge in [-0.25, -0.2) is 8.42 Å². The molecule has 0 fully saturated rings. The minimum Gasteiger partial charge on any atom is -0.348 e. The fourth-order valence-corrected chi connectivity index (χ4v) is 5.13. The van der Waals surface area contributed by atoms with Crippen LogP contribution in [0.3, 0.4) is 0 Å². The van der Waals surface area contributed by atoms with Gasteiger partial charge in [-0.2, -0.15) is 4.80 Å². The molecule has 0 bridgehead atoms. The van der Waals surface area contributed by atoms with Gasteiger partial charge in [0.2, 0.25) is 5.82 Å². The quantitative estimate of drug-likeness (QED) is 0.378. The summed E-state index contributed by atoms with van der Waals surface area (Å²) in [4.78, 5) is 21.3. The van der Waals surface area contributed by atoms with Crippen LogP contribution in [-0.2, 0) is 43.1 Å². The number of hydrogen-bond acceptors (Lipinski definition) is 8. The van der Waals surface area contributed by atoms with Crippen molar-refractivity contribution < 1.29 is 13.2 Å². The molecule has 190 valence electrons. The number of nitrogens with zero attached hydrogens (tertiary/aromatic N) is 6. The molecule has 0 atom stereocenters. The molecule has 1 N–H and O–H groups in total. The van der Waals surface area contributed by atoms with Gasteiger partial charge in [-0.1, -0.05) is 43.3 Å². The highest BCUT2D eigenvalue weighted by Crippen LogP contribution is 2.24. The van der Waals surface area contributed by atoms with Crippen molar-refractivity contribution in [2.24, 2.45) is 7.05 Å². The van der Waals surface area contributed by atoms with E-state index >= 15 is 0 Å². The van der Waals surface area contributed by atoms with Crippen molar-refractivity contribution in [2.75, 3.05) is 5.75 Å². The van der Waals surface area contributed by atoms with E-state index < -0.39 is 9.84 Å². The van der Waals surface area contributed by atoms with Gasteiger partial charge in [0, 0.05) is 37.9 Å². The summed E-state index contributed by atoms with van der Waals surface area (Å²) < 4.78 is 23.9. The number of carbonyl (C=O) groups is 1. The maximum atomic E-state index is 12.7. The zero-order valence-electron chi connectivity index (χ0n) is 20.6. The summed E-state index contributed by atoms with van der Waals surface area (Å²) in [6.45, 7) is 4.11. The Morgan fingerprint density at radius 2 is 1.76 bits per heavy atom. The molecule has 2 aromatic carbocycles. The number of hydrogen-bond donors (Lipinski definition) is 1. The molecule has 1 aliphatic heterocycles. The number of aryl methyl sites for hydroxylation is 1. The number of amides is 1. The van der Waals surface area contributed by atoms with E-state index in [2.05, 4.69) is 42.7 Å². The topological polar surface area (TPSA) is 123 Å². The maximum absolute atomic E-state index is 12.7. The molecule has 0 saturated carbocycles. The molecule has 1 amide bonds. The van der Waals surface area contributed by atoms with E-state index in [9.17, 15) is 13.2 Å². The Morgan fingerprint density at radius 3 is 2.43 bits per heavy atom. The molecule has 4 aromatic rings. The molecule has 2 aromatic heterocycles. The van der Waals surface area contributed by atoms with E-state index in [0.717, 1.165) is 41.0 Å². The second-order valence-electron chi connectivity index (χ2n) is 9.00. The summed E-state index contributed by atoms with van der Waals surface area (Å²) in [5, 5.41) is 15.0. The van der Waals surface area contributed by atoms with Crippen molar-refractivity contribution in [3.8, 4) is 11.4 Å². The first-order valence-electron chi connectivity index (χ1n) is 11.9. The normalized spacial score (nSPS) is 13.5. The Bertz CT molecular complexity index is 1530. The number of pyridine rings is 1. The van der Waals surface area contributed by atoms with Crippen LogP contribution in [0.1, 0.15) is 39.7 Å². The van der Waals surface area contributed by atoms with Crippen molar-refractivity contribution in [1.29, 1.82) is 0 Å². The third-order valence-corrected chi connectivity index (χ3v) is 8.08. The lowest BCUT2D eigenvalue weighted by molar-refractivity contribution is 0.0950. The SMILES string of the molecule is CCS(=O)(=O)c1ccc(CNC(=O)c2cnc3c(c2)CN(Cc2ccc(-c4nnn(C)n4)cc2)C3)cc1. The third kappa shape index (κ3) is 5.57. The third-order valence-electron chi connectivity index (χ3n) is 6.33. The first-order chi connectivity index (χ1) is 17.8. The number of tetrazole rings is 1. The minimum absolute atomic E-state index is 0.0553. The first-order valence-corrected chi connectivity index (χ1v) is 13.6. The van der Waals surface area contributed by atoms with Crippen LogP contribution in [0.25, 0.3) is 11.4 Å². The van der Waals surface area contributed by atoms with E-state index in [4.69, 9.17) is 0 Å². The Kier molecular flexibility index (Phi) is 6.81. The Morgan fingerprint density at radius 1 is 1.03 bits per heavy atom. The van der Waals surface area contributed by atoms with Crippen LogP contribution in [0.5, 0.6) is 0 Å². The summed E-state index contributed by atoms with van der Waals surface area (Å²) in [7, 11) is -1.50. The molecule has 11 heteroatoms. The van der Waals surface area contributed by atoms with Crippen LogP contribution in [0.2, 0.25) is 0 Å². The fraction of sp³-hybridized carbons (Fsp3) is 0.269. The second-order valence-corrected chi connectivity index (χ2v) is 11.3. The van der Waals surface area contributed by atoms with Crippen molar-refractivity contribution in [2.45, 2.75) is 38.0 Å². The molecule has 0 unspecified atom stereocenters. The number of nitrogens with one attached hydrogen (secondary N) is 1. The number of benzene rings is 2. The average molecular weight is 518 g/mol. The smallest absolute Gasteiger partial charge is 0.253 e. The molecular weight excluding hydrogens is 490 g/mol. The van der Waals surface area contributed by atoms with Gasteiger partial charge in [0.15, 0.2) is 9.84 Å². The highest BCUT2D eigenvalue weighted by molar-refractivity contribution is 7.91. The molecule has 3 heterocycles. The summed E-state index contributed by atoms with van der Waals surface area (Å²) in [5.74, 6) is 0.436. The van der Waals surface area contributed by atoms with E-state index in [1.54, 1.807) is 44.4 Å². The Balaban J connectivity index is 1.17. The van der Waals surface area contributed by atoms with Gasteiger partial charge in [0.25, 0.3) is 5.91 Å². The monoisotopic (exact) mass is 517 g/mol. The molecular formula is C26H27N7O3S. The second kappa shape index (κ2) is 10.2. The van der Waals surface area contributed by atoms with Crippen LogP contribution in [0.4, 0.5) is 0 Å². The summed E-state index contributed by atoms with van der Waals surface area (Å²) in [6, 6.07) is 16.6. The summed E-state index contributed by atoms with van der Waals surface area (Å²) in [6.07, 6.45) is 1.61. The van der Waals surface area contributed by atoms with Crippen LogP contribution in [0.15, 0.2) is 65.7 Å². The molecule has 0 saturated heterocycles. The average Bonchev–Trinajstić information content (AvgIpc) is 3.53. The number of carbonyl (C=O) groups excluding carboxylic acids is 1. The molecule has 1 aliphatic rings. The predicted octanol–water partition coefficient (Wildman–Crippen LogP) is 2.51. The molecule has 37 heavy (non-hydrogen) atoms. The van der Waals surface area contributed by atoms with Gasteiger partial charge >= 0.3 is 0 Å². The number of aromatic nitrogens is 5. The van der Waals surface area contributed by atoms with Gasteiger partial charge < -0.3 is 5.32 Å². The lowest BCUT2D eigenvalue weighted by Crippen LogP contribution is -2.23. The van der Waals surface area contributed by atoms with Gasteiger partial charge in [-0.3, -0.25) is 14.7 Å². The molecule has 0 spiro atoms. The van der Waals surface area contributed by atoms with Crippen molar-refractivity contribution in [3.63, 3.8) is 0 Å². The lowest BCUT2D eigenvalue weighted by atomic mass is 10.1. The van der Waals surface area contributed by atoms with Crippen LogP contribution < -0.4 is 5.32 Å². The van der Waals surface area contributed by atoms with E-state index in [1.165, 1.54) is 4.80 Å². The predicted molar refractivity (Wildman–Crippen MR) is 137 cm³/mol. The highest BCUT2D eigenvalue weighted by atomic mass is 32.2. The first kappa shape index (κ1) is 24.7. The molecule has 0 radical (unpaired) electrons. The summed E-state index contributed by atoms with van der Waals surface area (Å²) in [5.41, 5.74) is 5.43. The summed E-state index contributed by atoms with van der Waals surface area (Å²) >= 11 is 0. The standard InChI is InChI=1S/C26H27N7O3S/c1-3-37(35,36)23-10-6-18(7-11-23)13-28-26(34)21-12-22-16-33(17-24(22)27-14-21)15-19-4-8-20(9-5-19)25-29-31-32(2)30-25/h4-12,14H,3,13,15-17H2,1-2H3,(H,28,34). The lowest BCUT2D eigenvalue weighted by Gasteiger charge is -2.14. The van der Waals surface area contributed by atoms with Crippen molar-refractivity contribution in [3.05, 3.63) is 88.7 Å². The largest absolute Gasteiger partial charge is 0.348 e. The van der Waals surface area contributed by atoms with Crippen molar-refractivity contribution >= 4 is 15.7 Å². The molecule has 10 nitrogen and oxygen atoms in total. The van der Waals surface area contributed by atoms with E-state index in [0.29, 0.717) is 24.5 Å². The zero-order valence-corrected chi connectivity index (χ0v) is 21.4. The maximum Gasteiger partial charge on any atom is 0.253 e. The van der Waals surface area contributed by atoms with Crippen molar-refractivity contribution in [1.82, 2.24) is 35.4 Å². The van der Waals surface area contributed by atoms with Crippen LogP contribution >= 0.6 is 0 Å². The van der Waals surface area contributed by atoms with Gasteiger partial charge in [0.05, 0.1) is 29.0 Å². The van der Waals surface area contributed by atoms with E-state index in [-0.39, 0.29) is 16.6 Å². The Hall–Kier alpha value is -3.96. The Labute approximate surface area is 215 Å². The molecule has 0 aliphatic carbocycles. The van der Waals surface area contributed by atoms with E-state index in [1.807, 2.05) is 18.2 Å². The van der Waals surface area contributed by atoms with Crippen LogP contribution in [-0.4, -0.2) is 50.2 Å². The highest BCUT2D eigenvalue weighted by Gasteiger charge is 2.22. The number of sulfone groups is 1. The van der Waals surface area contributed by atoms with Gasteiger partial charge in [-0.15, -0.1) is 10.2 Å². The zero-order chi connectivity index (χ0) is 26.0. The number of fused-ring (bicyclic) bond motifs is 1. The molecule has 5 rings (SSSR count). The fourth-order valence-electron chi connectivity index (χ4n) is 4.25. The van der Waals surface area contributed by atoms with Gasteiger partial charge in [-0.05, 0) is 40.1 Å². The van der Waals surface area contributed by atoms with Gasteiger partial charge in [0.1, 0.15) is 0 Å². The minimum atomic E-state index is -3.24.